The summed E-state index contributed by atoms with van der Waals surface area (Å²) < 4.78 is 0.798. The molecule has 0 aliphatic carbocycles. The minimum atomic E-state index is -1.53. The molecule has 0 saturated carbocycles. The van der Waals surface area contributed by atoms with Gasteiger partial charge in [0.15, 0.2) is 11.0 Å². The molecule has 3 rings (SSSR count). The van der Waals surface area contributed by atoms with Crippen molar-refractivity contribution in [2.75, 3.05) is 13.1 Å². The largest absolute Gasteiger partial charge is 0.391 e. The highest BCUT2D eigenvalue weighted by Crippen LogP contribution is 2.23. The number of nitrogens with zero attached hydrogens (tertiary/aromatic N) is 1. The Kier molecular flexibility index (Phi) is 13.4. The lowest BCUT2D eigenvalue weighted by Gasteiger charge is -2.28. The van der Waals surface area contributed by atoms with Gasteiger partial charge in [-0.15, -0.1) is 11.3 Å². The predicted molar refractivity (Wildman–Crippen MR) is 170 cm³/mol. The van der Waals surface area contributed by atoms with Gasteiger partial charge in [0.25, 0.3) is 0 Å². The van der Waals surface area contributed by atoms with E-state index in [0.717, 1.165) is 4.70 Å². The molecule has 17 heteroatoms. The molecule has 2 heterocycles. The first-order chi connectivity index (χ1) is 21.8. The van der Waals surface area contributed by atoms with Crippen LogP contribution >= 0.6 is 11.3 Å². The van der Waals surface area contributed by atoms with E-state index in [1.165, 1.54) is 25.2 Å². The van der Waals surface area contributed by atoms with Crippen LogP contribution in [0, 0.1) is 5.41 Å². The number of aromatic nitrogens is 1. The molecule has 5 amide bonds. The molecule has 250 valence electrons. The second kappa shape index (κ2) is 17.2. The molecule has 46 heavy (non-hydrogen) atoms. The lowest BCUT2D eigenvalue weighted by atomic mass is 10.0. The van der Waals surface area contributed by atoms with E-state index in [-0.39, 0.29) is 43.3 Å². The number of Topliss-reactive ketones (excluding diaryl/α,β-unsaturated/α-hetero) is 1. The minimum Gasteiger partial charge on any atom is -0.391 e. The van der Waals surface area contributed by atoms with Crippen LogP contribution < -0.4 is 37.6 Å². The van der Waals surface area contributed by atoms with Crippen LogP contribution in [-0.2, 0) is 24.0 Å². The quantitative estimate of drug-likeness (QED) is 0.0635. The molecule has 16 nitrogen and oxygen atoms in total. The summed E-state index contributed by atoms with van der Waals surface area (Å²) in [5.41, 5.74) is 6.00. The fourth-order valence-corrected chi connectivity index (χ4v) is 5.76. The summed E-state index contributed by atoms with van der Waals surface area (Å²) in [6.07, 6.45) is -0.318. The van der Waals surface area contributed by atoms with Crippen LogP contribution in [0.4, 0.5) is 0 Å². The number of para-hydroxylation sites is 1. The number of rotatable bonds is 10. The average molecular weight is 660 g/mol. The first-order valence-corrected chi connectivity index (χ1v) is 15.8. The van der Waals surface area contributed by atoms with Crippen molar-refractivity contribution in [1.29, 1.82) is 5.41 Å². The van der Waals surface area contributed by atoms with Crippen molar-refractivity contribution in [3.8, 4) is 0 Å². The molecule has 2 aromatic rings. The van der Waals surface area contributed by atoms with E-state index in [1.54, 1.807) is 12.1 Å². The van der Waals surface area contributed by atoms with E-state index >= 15 is 0 Å². The van der Waals surface area contributed by atoms with Gasteiger partial charge >= 0.3 is 0 Å². The predicted octanol–water partition coefficient (Wildman–Crippen LogP) is -1.23. The molecule has 1 fully saturated rings. The molecule has 1 aromatic heterocycles. The van der Waals surface area contributed by atoms with E-state index < -0.39 is 65.6 Å². The molecule has 1 unspecified atom stereocenters. The maximum Gasteiger partial charge on any atom is 0.245 e. The number of fused-ring (bicyclic) bond motifs is 1. The number of hydrogen-bond acceptors (Lipinski definition) is 10. The van der Waals surface area contributed by atoms with E-state index in [1.807, 2.05) is 12.1 Å². The number of aliphatic hydroxyl groups is 1. The van der Waals surface area contributed by atoms with Crippen LogP contribution in [0.2, 0.25) is 0 Å². The fraction of sp³-hybridized carbons (Fsp3) is 0.517. The number of guanidine groups is 1. The number of nitrogens with one attached hydrogen (secondary N) is 7. The van der Waals surface area contributed by atoms with E-state index in [0.29, 0.717) is 24.8 Å². The maximum absolute atomic E-state index is 13.7. The highest BCUT2D eigenvalue weighted by Gasteiger charge is 2.34. The van der Waals surface area contributed by atoms with Crippen molar-refractivity contribution in [3.63, 3.8) is 0 Å². The first-order valence-electron chi connectivity index (χ1n) is 15.0. The highest BCUT2D eigenvalue weighted by atomic mass is 32.1. The van der Waals surface area contributed by atoms with Crippen LogP contribution in [0.5, 0.6) is 0 Å². The van der Waals surface area contributed by atoms with Crippen LogP contribution in [0.25, 0.3) is 10.2 Å². The van der Waals surface area contributed by atoms with E-state index in [4.69, 9.17) is 11.1 Å². The van der Waals surface area contributed by atoms with Gasteiger partial charge in [-0.25, -0.2) is 4.98 Å². The summed E-state index contributed by atoms with van der Waals surface area (Å²) in [6, 6.07) is 2.20. The smallest absolute Gasteiger partial charge is 0.245 e. The Balaban J connectivity index is 1.84. The Morgan fingerprint density at radius 1 is 1.15 bits per heavy atom. The van der Waals surface area contributed by atoms with Crippen molar-refractivity contribution in [1.82, 2.24) is 36.9 Å². The molecule has 10 N–H and O–H groups in total. The fourth-order valence-electron chi connectivity index (χ4n) is 4.80. The maximum atomic E-state index is 13.7. The van der Waals surface area contributed by atoms with Crippen LogP contribution in [-0.4, -0.2) is 94.7 Å². The van der Waals surface area contributed by atoms with Crippen molar-refractivity contribution in [3.05, 3.63) is 29.3 Å². The van der Waals surface area contributed by atoms with E-state index in [9.17, 15) is 33.9 Å². The summed E-state index contributed by atoms with van der Waals surface area (Å²) >= 11 is 1.19. The van der Waals surface area contributed by atoms with Crippen molar-refractivity contribution in [2.24, 2.45) is 5.73 Å². The number of nitrogens with two attached hydrogens (primary N) is 1. The second-order valence-corrected chi connectivity index (χ2v) is 12.0. The summed E-state index contributed by atoms with van der Waals surface area (Å²) in [6.45, 7) is 2.93. The number of amides is 5. The third-order valence-corrected chi connectivity index (χ3v) is 8.19. The first kappa shape index (κ1) is 35.8. The van der Waals surface area contributed by atoms with Crippen LogP contribution in [0.1, 0.15) is 62.2 Å². The summed E-state index contributed by atoms with van der Waals surface area (Å²) in [4.78, 5) is 82.2. The molecule has 1 aromatic carbocycles. The third-order valence-electron chi connectivity index (χ3n) is 7.14. The number of carbonyl (C=O) groups excluding carboxylic acids is 6. The lowest BCUT2D eigenvalue weighted by molar-refractivity contribution is -0.136. The zero-order valence-electron chi connectivity index (χ0n) is 25.7. The molecule has 0 bridgehead atoms. The van der Waals surface area contributed by atoms with E-state index in [2.05, 4.69) is 36.9 Å². The zero-order valence-corrected chi connectivity index (χ0v) is 26.5. The van der Waals surface area contributed by atoms with Gasteiger partial charge in [-0.1, -0.05) is 12.1 Å². The van der Waals surface area contributed by atoms with Gasteiger partial charge in [0, 0.05) is 20.0 Å². The standard InChI is InChI=1S/C29H41N9O7S/c1-15(39)23-27(45)36-19(9-5-6-12-32-22(41)14-20(26(44)38-23)34-16(2)40)25(43)35-18(10-7-13-33-29(30)31)24(42)28-37-17-8-3-4-11-21(17)46-28/h3-4,8,11,15,18-20,23,39H,5-7,9-10,12-14H2,1-2H3,(H,32,41)(H,34,40)(H,35,43)(H,36,45)(H,38,44)(H4,30,31,33)/t15-,18?,19-,20-,23-/m0/s1. The number of hydrogen-bond donors (Lipinski definition) is 9. The lowest BCUT2D eigenvalue weighted by Crippen LogP contribution is -2.60. The van der Waals surface area contributed by atoms with Gasteiger partial charge < -0.3 is 42.7 Å². The van der Waals surface area contributed by atoms with Gasteiger partial charge in [0.2, 0.25) is 35.3 Å². The van der Waals surface area contributed by atoms with Gasteiger partial charge in [0.1, 0.15) is 18.1 Å². The van der Waals surface area contributed by atoms with Gasteiger partial charge in [-0.05, 0) is 51.2 Å². The Hall–Kier alpha value is -4.64. The number of thiazole rings is 1. The highest BCUT2D eigenvalue weighted by molar-refractivity contribution is 7.20. The average Bonchev–Trinajstić information content (AvgIpc) is 3.43. The van der Waals surface area contributed by atoms with Crippen molar-refractivity contribution in [2.45, 2.75) is 82.6 Å². The normalized spacial score (nSPS) is 21.0. The Bertz CT molecular complexity index is 1410. The Morgan fingerprint density at radius 2 is 1.89 bits per heavy atom. The zero-order chi connectivity index (χ0) is 33.8. The van der Waals surface area contributed by atoms with Gasteiger partial charge in [0.05, 0.1) is 28.8 Å². The molecular weight excluding hydrogens is 618 g/mol. The number of aliphatic hydroxyl groups excluding tert-OH is 1. The third kappa shape index (κ3) is 10.8. The Labute approximate surface area is 269 Å². The molecular formula is C29H41N9O7S. The van der Waals surface area contributed by atoms with Crippen LogP contribution in [0.15, 0.2) is 24.3 Å². The topological polar surface area (TPSA) is 258 Å². The van der Waals surface area contributed by atoms with Crippen molar-refractivity contribution >= 4 is 62.8 Å². The second-order valence-electron chi connectivity index (χ2n) is 11.0. The van der Waals surface area contributed by atoms with Gasteiger partial charge in [-0.3, -0.25) is 34.2 Å². The molecule has 1 saturated heterocycles. The molecule has 0 spiro atoms. The summed E-state index contributed by atoms with van der Waals surface area (Å²) in [5, 5.41) is 33.3. The molecule has 5 atom stereocenters. The SMILES string of the molecule is CC(=O)N[C@H]1CC(=O)NCCCC[C@@H](C(=O)NC(CCCNC(=N)N)C(=O)c2nc3ccccc3s2)NC(=O)[C@H]([C@H](C)O)NC1=O. The number of benzene rings is 1. The number of ketones is 1. The molecule has 1 aliphatic heterocycles. The molecule has 0 radical (unpaired) electrons. The van der Waals surface area contributed by atoms with Gasteiger partial charge in [-0.2, -0.15) is 0 Å². The van der Waals surface area contributed by atoms with Crippen LogP contribution in [0.3, 0.4) is 0 Å². The molecule has 1 aliphatic rings. The van der Waals surface area contributed by atoms with Crippen molar-refractivity contribution < 1.29 is 33.9 Å². The summed E-state index contributed by atoms with van der Waals surface area (Å²) in [7, 11) is 0. The number of carbonyl (C=O) groups is 6. The summed E-state index contributed by atoms with van der Waals surface area (Å²) in [5.74, 6) is -4.15. The Morgan fingerprint density at radius 3 is 2.57 bits per heavy atom. The monoisotopic (exact) mass is 659 g/mol. The minimum absolute atomic E-state index is 0.121.